The molecule has 0 bridgehead atoms. The van der Waals surface area contributed by atoms with E-state index in [9.17, 15) is 0 Å². The molecule has 2 atom stereocenters. The van der Waals surface area contributed by atoms with E-state index in [2.05, 4.69) is 18.7 Å². The molecule has 1 fully saturated rings. The SMILES string of the molecule is CC1CN(CCCOc2cccc(N)c2)C(C)CO1. The maximum atomic E-state index is 5.71. The van der Waals surface area contributed by atoms with E-state index in [0.29, 0.717) is 12.1 Å². The van der Waals surface area contributed by atoms with Gasteiger partial charge in [0.25, 0.3) is 0 Å². The molecule has 4 nitrogen and oxygen atoms in total. The van der Waals surface area contributed by atoms with E-state index in [-0.39, 0.29) is 0 Å². The fourth-order valence-corrected chi connectivity index (χ4v) is 2.35. The van der Waals surface area contributed by atoms with Crippen molar-refractivity contribution in [2.75, 3.05) is 32.0 Å². The molecule has 0 amide bonds. The Hall–Kier alpha value is -1.26. The van der Waals surface area contributed by atoms with Crippen LogP contribution in [-0.2, 0) is 4.74 Å². The minimum Gasteiger partial charge on any atom is -0.493 e. The zero-order valence-corrected chi connectivity index (χ0v) is 11.8. The van der Waals surface area contributed by atoms with Gasteiger partial charge in [-0.3, -0.25) is 4.90 Å². The van der Waals surface area contributed by atoms with Gasteiger partial charge in [-0.2, -0.15) is 0 Å². The van der Waals surface area contributed by atoms with Gasteiger partial charge in [-0.05, 0) is 32.4 Å². The van der Waals surface area contributed by atoms with Crippen molar-refractivity contribution in [2.24, 2.45) is 0 Å². The van der Waals surface area contributed by atoms with E-state index in [1.807, 2.05) is 24.3 Å². The second-order valence-corrected chi connectivity index (χ2v) is 5.26. The Morgan fingerprint density at radius 1 is 1.42 bits per heavy atom. The number of benzene rings is 1. The van der Waals surface area contributed by atoms with E-state index in [1.54, 1.807) is 0 Å². The Labute approximate surface area is 115 Å². The number of morpholine rings is 1. The van der Waals surface area contributed by atoms with Crippen LogP contribution < -0.4 is 10.5 Å². The lowest BCUT2D eigenvalue weighted by Crippen LogP contribution is -2.47. The fraction of sp³-hybridized carbons (Fsp3) is 0.600. The normalized spacial score (nSPS) is 24.3. The zero-order valence-electron chi connectivity index (χ0n) is 11.8. The number of hydrogen-bond donors (Lipinski definition) is 1. The van der Waals surface area contributed by atoms with Gasteiger partial charge in [0.2, 0.25) is 0 Å². The average Bonchev–Trinajstić information content (AvgIpc) is 2.39. The lowest BCUT2D eigenvalue weighted by Gasteiger charge is -2.36. The summed E-state index contributed by atoms with van der Waals surface area (Å²) in [5, 5.41) is 0. The second-order valence-electron chi connectivity index (χ2n) is 5.26. The molecule has 0 saturated carbocycles. The molecule has 0 aromatic heterocycles. The largest absolute Gasteiger partial charge is 0.493 e. The standard InChI is InChI=1S/C15H24N2O2/c1-12-11-19-13(2)10-17(12)7-4-8-18-15-6-3-5-14(16)9-15/h3,5-6,9,12-13H,4,7-8,10-11,16H2,1-2H3. The maximum absolute atomic E-state index is 5.71. The summed E-state index contributed by atoms with van der Waals surface area (Å²) < 4.78 is 11.3. The minimum atomic E-state index is 0.339. The van der Waals surface area contributed by atoms with Crippen molar-refractivity contribution < 1.29 is 9.47 Å². The van der Waals surface area contributed by atoms with Crippen molar-refractivity contribution in [3.8, 4) is 5.75 Å². The highest BCUT2D eigenvalue weighted by atomic mass is 16.5. The molecule has 0 aliphatic carbocycles. The van der Waals surface area contributed by atoms with Crippen molar-refractivity contribution in [2.45, 2.75) is 32.4 Å². The number of nitrogen functional groups attached to an aromatic ring is 1. The van der Waals surface area contributed by atoms with Crippen molar-refractivity contribution in [1.82, 2.24) is 4.90 Å². The molecule has 0 radical (unpaired) electrons. The van der Waals surface area contributed by atoms with Crippen LogP contribution in [0.3, 0.4) is 0 Å². The molecule has 1 aromatic carbocycles. The van der Waals surface area contributed by atoms with Crippen LogP contribution in [0.1, 0.15) is 20.3 Å². The molecule has 1 aromatic rings. The lowest BCUT2D eigenvalue weighted by molar-refractivity contribution is -0.0502. The highest BCUT2D eigenvalue weighted by Gasteiger charge is 2.22. The first kappa shape index (κ1) is 14.2. The van der Waals surface area contributed by atoms with Gasteiger partial charge in [-0.25, -0.2) is 0 Å². The van der Waals surface area contributed by atoms with E-state index >= 15 is 0 Å². The molecule has 1 aliphatic rings. The first-order valence-electron chi connectivity index (χ1n) is 6.99. The van der Waals surface area contributed by atoms with Crippen molar-refractivity contribution in [3.63, 3.8) is 0 Å². The number of rotatable bonds is 5. The molecule has 1 aliphatic heterocycles. The number of nitrogens with two attached hydrogens (primary N) is 1. The van der Waals surface area contributed by atoms with E-state index in [1.165, 1.54) is 0 Å². The topological polar surface area (TPSA) is 47.7 Å². The Morgan fingerprint density at radius 3 is 3.05 bits per heavy atom. The molecule has 1 heterocycles. The fourth-order valence-electron chi connectivity index (χ4n) is 2.35. The average molecular weight is 264 g/mol. The second kappa shape index (κ2) is 6.78. The van der Waals surface area contributed by atoms with Gasteiger partial charge in [-0.15, -0.1) is 0 Å². The summed E-state index contributed by atoms with van der Waals surface area (Å²) in [6.07, 6.45) is 1.36. The summed E-state index contributed by atoms with van der Waals surface area (Å²) in [5.41, 5.74) is 6.45. The Balaban J connectivity index is 1.69. The smallest absolute Gasteiger partial charge is 0.121 e. The van der Waals surface area contributed by atoms with Crippen molar-refractivity contribution in [3.05, 3.63) is 24.3 Å². The third kappa shape index (κ3) is 4.40. The van der Waals surface area contributed by atoms with Gasteiger partial charge in [0.1, 0.15) is 5.75 Å². The van der Waals surface area contributed by atoms with Crippen LogP contribution in [0.4, 0.5) is 5.69 Å². The van der Waals surface area contributed by atoms with E-state index in [4.69, 9.17) is 15.2 Å². The van der Waals surface area contributed by atoms with Crippen LogP contribution >= 0.6 is 0 Å². The summed E-state index contributed by atoms with van der Waals surface area (Å²) in [7, 11) is 0. The summed E-state index contributed by atoms with van der Waals surface area (Å²) in [4.78, 5) is 2.47. The molecule has 2 unspecified atom stereocenters. The number of hydrogen-bond acceptors (Lipinski definition) is 4. The first-order chi connectivity index (χ1) is 9.15. The Kier molecular flexibility index (Phi) is 5.05. The Bertz CT molecular complexity index is 397. The lowest BCUT2D eigenvalue weighted by atomic mass is 10.2. The van der Waals surface area contributed by atoms with Crippen molar-refractivity contribution >= 4 is 5.69 Å². The van der Waals surface area contributed by atoms with Gasteiger partial charge in [-0.1, -0.05) is 6.07 Å². The van der Waals surface area contributed by atoms with Crippen LogP contribution in [0.15, 0.2) is 24.3 Å². The number of anilines is 1. The van der Waals surface area contributed by atoms with Gasteiger partial charge < -0.3 is 15.2 Å². The van der Waals surface area contributed by atoms with Gasteiger partial charge in [0.15, 0.2) is 0 Å². The number of ether oxygens (including phenoxy) is 2. The number of nitrogens with zero attached hydrogens (tertiary/aromatic N) is 1. The van der Waals surface area contributed by atoms with E-state index < -0.39 is 0 Å². The molecule has 4 heteroatoms. The molecular formula is C15H24N2O2. The third-order valence-corrected chi connectivity index (χ3v) is 3.45. The third-order valence-electron chi connectivity index (χ3n) is 3.45. The first-order valence-corrected chi connectivity index (χ1v) is 6.99. The van der Waals surface area contributed by atoms with Crippen LogP contribution in [0.5, 0.6) is 5.75 Å². The van der Waals surface area contributed by atoms with Crippen LogP contribution in [-0.4, -0.2) is 43.3 Å². The summed E-state index contributed by atoms with van der Waals surface area (Å²) in [5.74, 6) is 0.850. The van der Waals surface area contributed by atoms with Gasteiger partial charge in [0, 0.05) is 30.9 Å². The molecule has 2 rings (SSSR count). The van der Waals surface area contributed by atoms with Crippen LogP contribution in [0, 0.1) is 0 Å². The molecular weight excluding hydrogens is 240 g/mol. The molecule has 1 saturated heterocycles. The van der Waals surface area contributed by atoms with Gasteiger partial charge in [0.05, 0.1) is 19.3 Å². The van der Waals surface area contributed by atoms with Gasteiger partial charge >= 0.3 is 0 Å². The summed E-state index contributed by atoms with van der Waals surface area (Å²) in [6, 6.07) is 8.08. The predicted octanol–water partition coefficient (Wildman–Crippen LogP) is 2.15. The predicted molar refractivity (Wildman–Crippen MR) is 77.4 cm³/mol. The molecule has 19 heavy (non-hydrogen) atoms. The van der Waals surface area contributed by atoms with E-state index in [0.717, 1.165) is 44.2 Å². The zero-order chi connectivity index (χ0) is 13.7. The van der Waals surface area contributed by atoms with Crippen molar-refractivity contribution in [1.29, 1.82) is 0 Å². The molecule has 106 valence electrons. The van der Waals surface area contributed by atoms with Crippen LogP contribution in [0.2, 0.25) is 0 Å². The Morgan fingerprint density at radius 2 is 2.26 bits per heavy atom. The highest BCUT2D eigenvalue weighted by Crippen LogP contribution is 2.15. The summed E-state index contributed by atoms with van der Waals surface area (Å²) in [6.45, 7) is 7.96. The quantitative estimate of drug-likeness (QED) is 0.654. The highest BCUT2D eigenvalue weighted by molar-refractivity contribution is 5.43. The monoisotopic (exact) mass is 264 g/mol. The van der Waals surface area contributed by atoms with Crippen LogP contribution in [0.25, 0.3) is 0 Å². The molecule has 0 spiro atoms. The minimum absolute atomic E-state index is 0.339. The summed E-state index contributed by atoms with van der Waals surface area (Å²) >= 11 is 0. The molecule has 2 N–H and O–H groups in total. The maximum Gasteiger partial charge on any atom is 0.121 e.